The van der Waals surface area contributed by atoms with Crippen molar-refractivity contribution in [2.24, 2.45) is 7.05 Å². The van der Waals surface area contributed by atoms with Crippen LogP contribution < -0.4 is 5.32 Å². The predicted octanol–water partition coefficient (Wildman–Crippen LogP) is 2.08. The molecule has 1 aromatic heterocycles. The molecule has 0 aliphatic carbocycles. The molecule has 0 bridgehead atoms. The van der Waals surface area contributed by atoms with Crippen molar-refractivity contribution >= 4 is 0 Å². The maximum atomic E-state index is 13.7. The number of rotatable bonds is 3. The first kappa shape index (κ1) is 11.7. The topological polar surface area (TPSA) is 29.9 Å². The van der Waals surface area contributed by atoms with Gasteiger partial charge < -0.3 is 9.88 Å². The number of benzene rings is 1. The highest BCUT2D eigenvalue weighted by atomic mass is 19.1. The second kappa shape index (κ2) is 4.63. The molecule has 0 amide bonds. The van der Waals surface area contributed by atoms with Crippen LogP contribution in [0.5, 0.6) is 0 Å². The Labute approximate surface area is 98.1 Å². The van der Waals surface area contributed by atoms with Gasteiger partial charge in [-0.3, -0.25) is 0 Å². The summed E-state index contributed by atoms with van der Waals surface area (Å²) < 4.78 is 28.3. The van der Waals surface area contributed by atoms with Crippen molar-refractivity contribution in [1.29, 1.82) is 0 Å². The third-order valence-electron chi connectivity index (χ3n) is 2.54. The Bertz CT molecular complexity index is 535. The fourth-order valence-corrected chi connectivity index (χ4v) is 1.80. The zero-order valence-corrected chi connectivity index (χ0v) is 9.67. The third-order valence-corrected chi connectivity index (χ3v) is 2.54. The van der Waals surface area contributed by atoms with Crippen molar-refractivity contribution in [3.8, 4) is 11.3 Å². The molecule has 5 heteroatoms. The first-order valence-electron chi connectivity index (χ1n) is 5.23. The minimum absolute atomic E-state index is 0.358. The molecule has 0 atom stereocenters. The molecule has 0 fully saturated rings. The Morgan fingerprint density at radius 3 is 2.76 bits per heavy atom. The summed E-state index contributed by atoms with van der Waals surface area (Å²) in [5.74, 6) is -1.16. The third kappa shape index (κ3) is 2.19. The summed E-state index contributed by atoms with van der Waals surface area (Å²) in [5, 5.41) is 2.97. The fourth-order valence-electron chi connectivity index (χ4n) is 1.80. The van der Waals surface area contributed by atoms with Gasteiger partial charge in [0.15, 0.2) is 0 Å². The highest BCUT2D eigenvalue weighted by Gasteiger charge is 2.14. The summed E-state index contributed by atoms with van der Waals surface area (Å²) in [4.78, 5) is 4.19. The summed E-state index contributed by atoms with van der Waals surface area (Å²) >= 11 is 0. The molecule has 0 aliphatic heterocycles. The number of nitrogens with one attached hydrogen (secondary N) is 1. The van der Waals surface area contributed by atoms with Gasteiger partial charge in [0.25, 0.3) is 0 Å². The maximum Gasteiger partial charge on any atom is 0.135 e. The monoisotopic (exact) mass is 237 g/mol. The van der Waals surface area contributed by atoms with Gasteiger partial charge >= 0.3 is 0 Å². The molecule has 2 rings (SSSR count). The Morgan fingerprint density at radius 2 is 2.12 bits per heavy atom. The molecule has 0 aliphatic rings. The molecule has 2 aromatic rings. The number of hydrogen-bond donors (Lipinski definition) is 1. The summed E-state index contributed by atoms with van der Waals surface area (Å²) in [6.07, 6.45) is 1.62. The number of imidazole rings is 1. The smallest absolute Gasteiger partial charge is 0.135 e. The van der Waals surface area contributed by atoms with E-state index in [0.29, 0.717) is 17.8 Å². The van der Waals surface area contributed by atoms with Gasteiger partial charge in [0.2, 0.25) is 0 Å². The molecule has 17 heavy (non-hydrogen) atoms. The summed E-state index contributed by atoms with van der Waals surface area (Å²) in [6.45, 7) is 0.535. The van der Waals surface area contributed by atoms with Crippen LogP contribution in [0, 0.1) is 11.6 Å². The Morgan fingerprint density at radius 1 is 1.35 bits per heavy atom. The highest BCUT2D eigenvalue weighted by molar-refractivity contribution is 5.63. The lowest BCUT2D eigenvalue weighted by molar-refractivity contribution is 0.584. The minimum atomic E-state index is -0.580. The van der Waals surface area contributed by atoms with Gasteiger partial charge in [-0.05, 0) is 19.2 Å². The van der Waals surface area contributed by atoms with E-state index in [1.807, 2.05) is 0 Å². The normalized spacial score (nSPS) is 10.8. The van der Waals surface area contributed by atoms with Crippen LogP contribution in [-0.4, -0.2) is 16.6 Å². The zero-order chi connectivity index (χ0) is 12.4. The van der Waals surface area contributed by atoms with Crippen molar-refractivity contribution < 1.29 is 8.78 Å². The average molecular weight is 237 g/mol. The molecular formula is C12H13F2N3. The largest absolute Gasteiger partial charge is 0.333 e. The minimum Gasteiger partial charge on any atom is -0.333 e. The Kier molecular flexibility index (Phi) is 3.19. The van der Waals surface area contributed by atoms with Crippen LogP contribution in [0.25, 0.3) is 11.3 Å². The van der Waals surface area contributed by atoms with E-state index in [0.717, 1.165) is 11.8 Å². The molecule has 1 N–H and O–H groups in total. The summed E-state index contributed by atoms with van der Waals surface area (Å²) in [5.41, 5.74) is 1.76. The van der Waals surface area contributed by atoms with E-state index in [1.165, 1.54) is 12.1 Å². The molecule has 3 nitrogen and oxygen atoms in total. The van der Waals surface area contributed by atoms with Crippen LogP contribution >= 0.6 is 0 Å². The molecule has 0 spiro atoms. The Balaban J connectivity index is 2.55. The lowest BCUT2D eigenvalue weighted by Gasteiger charge is -2.07. The van der Waals surface area contributed by atoms with E-state index < -0.39 is 11.6 Å². The van der Waals surface area contributed by atoms with Crippen LogP contribution in [0.3, 0.4) is 0 Å². The van der Waals surface area contributed by atoms with Crippen molar-refractivity contribution in [3.63, 3.8) is 0 Å². The molecular weight excluding hydrogens is 224 g/mol. The number of nitrogens with zero attached hydrogens (tertiary/aromatic N) is 2. The first-order chi connectivity index (χ1) is 8.13. The van der Waals surface area contributed by atoms with Crippen LogP contribution in [0.2, 0.25) is 0 Å². The lowest BCUT2D eigenvalue weighted by Crippen LogP contribution is -2.07. The number of aromatic nitrogens is 2. The van der Waals surface area contributed by atoms with Crippen LogP contribution in [-0.2, 0) is 13.6 Å². The van der Waals surface area contributed by atoms with Gasteiger partial charge in [0.1, 0.15) is 11.6 Å². The molecule has 0 saturated carbocycles. The van der Waals surface area contributed by atoms with Gasteiger partial charge in [-0.1, -0.05) is 0 Å². The van der Waals surface area contributed by atoms with E-state index >= 15 is 0 Å². The number of aryl methyl sites for hydroxylation is 1. The van der Waals surface area contributed by atoms with Gasteiger partial charge in [-0.2, -0.15) is 0 Å². The van der Waals surface area contributed by atoms with E-state index in [2.05, 4.69) is 10.3 Å². The number of halogens is 2. The summed E-state index contributed by atoms with van der Waals surface area (Å²) in [6, 6.07) is 3.56. The molecule has 90 valence electrons. The molecule has 1 aromatic carbocycles. The maximum absolute atomic E-state index is 13.7. The van der Waals surface area contributed by atoms with Crippen molar-refractivity contribution in [3.05, 3.63) is 41.9 Å². The second-order valence-corrected chi connectivity index (χ2v) is 3.81. The van der Waals surface area contributed by atoms with E-state index in [1.54, 1.807) is 25.0 Å². The van der Waals surface area contributed by atoms with Gasteiger partial charge in [0.05, 0.1) is 17.7 Å². The molecule has 0 unspecified atom stereocenters. The fraction of sp³-hybridized carbons (Fsp3) is 0.250. The van der Waals surface area contributed by atoms with Gasteiger partial charge in [0, 0.05) is 25.2 Å². The van der Waals surface area contributed by atoms with E-state index in [4.69, 9.17) is 0 Å². The Hall–Kier alpha value is -1.75. The van der Waals surface area contributed by atoms with Gasteiger partial charge in [-0.15, -0.1) is 0 Å². The SMILES string of the molecule is CNCc1ncn(C)c1-c1ccc(F)cc1F. The van der Waals surface area contributed by atoms with Crippen molar-refractivity contribution in [1.82, 2.24) is 14.9 Å². The van der Waals surface area contributed by atoms with Crippen molar-refractivity contribution in [2.75, 3.05) is 7.05 Å². The average Bonchev–Trinajstić information content (AvgIpc) is 2.62. The van der Waals surface area contributed by atoms with Crippen molar-refractivity contribution in [2.45, 2.75) is 6.54 Å². The highest BCUT2D eigenvalue weighted by Crippen LogP contribution is 2.25. The van der Waals surface area contributed by atoms with Crippen LogP contribution in [0.4, 0.5) is 8.78 Å². The van der Waals surface area contributed by atoms with Crippen LogP contribution in [0.15, 0.2) is 24.5 Å². The predicted molar refractivity (Wildman–Crippen MR) is 61.3 cm³/mol. The lowest BCUT2D eigenvalue weighted by atomic mass is 10.1. The second-order valence-electron chi connectivity index (χ2n) is 3.81. The molecule has 0 radical (unpaired) electrons. The number of hydrogen-bond acceptors (Lipinski definition) is 2. The quantitative estimate of drug-likeness (QED) is 0.885. The molecule has 0 saturated heterocycles. The standard InChI is InChI=1S/C12H13F2N3/c1-15-6-11-12(17(2)7-16-11)9-4-3-8(13)5-10(9)14/h3-5,7,15H,6H2,1-2H3. The summed E-state index contributed by atoms with van der Waals surface area (Å²) in [7, 11) is 3.57. The van der Waals surface area contributed by atoms with Crippen LogP contribution in [0.1, 0.15) is 5.69 Å². The molecule has 1 heterocycles. The zero-order valence-electron chi connectivity index (χ0n) is 9.67. The van der Waals surface area contributed by atoms with E-state index in [9.17, 15) is 8.78 Å². The van der Waals surface area contributed by atoms with Gasteiger partial charge in [-0.25, -0.2) is 13.8 Å². The van der Waals surface area contributed by atoms with E-state index in [-0.39, 0.29) is 0 Å². The first-order valence-corrected chi connectivity index (χ1v) is 5.23.